The molecule has 0 spiro atoms. The third-order valence-electron chi connectivity index (χ3n) is 3.96. The van der Waals surface area contributed by atoms with Crippen molar-refractivity contribution in [2.24, 2.45) is 0 Å². The highest BCUT2D eigenvalue weighted by Gasteiger charge is 2.21. The number of urea groups is 2. The van der Waals surface area contributed by atoms with Crippen molar-refractivity contribution in [2.75, 3.05) is 29.9 Å². The molecule has 3 rings (SSSR count). The molecule has 0 bridgehead atoms. The number of rotatable bonds is 5. The number of benzene rings is 2. The monoisotopic (exact) mass is 340 g/mol. The molecule has 0 unspecified atom stereocenters. The van der Waals surface area contributed by atoms with E-state index in [1.54, 1.807) is 23.1 Å². The Kier molecular flexibility index (Phi) is 5.15. The van der Waals surface area contributed by atoms with Crippen LogP contribution in [0.4, 0.5) is 21.0 Å². The molecule has 0 saturated carbocycles. The summed E-state index contributed by atoms with van der Waals surface area (Å²) in [6.45, 7) is 0.993. The molecule has 7 heteroatoms. The maximum absolute atomic E-state index is 12.2. The minimum atomic E-state index is -0.492. The zero-order valence-electron chi connectivity index (χ0n) is 13.6. The van der Waals surface area contributed by atoms with Crippen LogP contribution >= 0.6 is 0 Å². The molecule has 2 aromatic carbocycles. The maximum Gasteiger partial charge on any atom is 0.321 e. The first-order valence-electron chi connectivity index (χ1n) is 8.06. The van der Waals surface area contributed by atoms with Crippen LogP contribution in [-0.4, -0.2) is 36.9 Å². The number of hydrogen-bond donors (Lipinski definition) is 4. The fourth-order valence-electron chi connectivity index (χ4n) is 2.71. The van der Waals surface area contributed by atoms with Gasteiger partial charge in [0, 0.05) is 24.5 Å². The molecule has 1 heterocycles. The molecule has 0 radical (unpaired) electrons. The average molecular weight is 340 g/mol. The minimum absolute atomic E-state index is 0.147. The molecule has 4 amide bonds. The smallest absolute Gasteiger partial charge is 0.321 e. The van der Waals surface area contributed by atoms with E-state index >= 15 is 0 Å². The van der Waals surface area contributed by atoms with E-state index in [2.05, 4.69) is 16.0 Å². The Hall–Kier alpha value is -3.06. The van der Waals surface area contributed by atoms with Crippen LogP contribution in [0.1, 0.15) is 11.6 Å². The van der Waals surface area contributed by atoms with E-state index in [-0.39, 0.29) is 12.6 Å². The van der Waals surface area contributed by atoms with Crippen molar-refractivity contribution in [1.82, 2.24) is 10.6 Å². The molecule has 1 aliphatic heterocycles. The molecular weight excluding hydrogens is 320 g/mol. The van der Waals surface area contributed by atoms with Gasteiger partial charge in [-0.1, -0.05) is 36.4 Å². The van der Waals surface area contributed by atoms with Crippen molar-refractivity contribution < 1.29 is 14.7 Å². The number of nitrogens with one attached hydrogen (secondary N) is 3. The number of nitrogens with zero attached hydrogens (tertiary/aromatic N) is 1. The van der Waals surface area contributed by atoms with E-state index < -0.39 is 12.1 Å². The van der Waals surface area contributed by atoms with E-state index in [4.69, 9.17) is 0 Å². The molecule has 0 aromatic heterocycles. The Labute approximate surface area is 145 Å². The summed E-state index contributed by atoms with van der Waals surface area (Å²) in [7, 11) is 0. The summed E-state index contributed by atoms with van der Waals surface area (Å²) in [5.74, 6) is 0. The Morgan fingerprint density at radius 1 is 1.20 bits per heavy atom. The molecule has 0 aliphatic carbocycles. The van der Waals surface area contributed by atoms with E-state index in [0.29, 0.717) is 18.8 Å². The largest absolute Gasteiger partial charge is 0.394 e. The van der Waals surface area contributed by atoms with Crippen LogP contribution in [0.3, 0.4) is 0 Å². The molecular formula is C18H20N4O3. The van der Waals surface area contributed by atoms with Crippen LogP contribution in [-0.2, 0) is 0 Å². The van der Waals surface area contributed by atoms with E-state index in [1.807, 2.05) is 36.4 Å². The van der Waals surface area contributed by atoms with Gasteiger partial charge in [0.25, 0.3) is 0 Å². The van der Waals surface area contributed by atoms with Gasteiger partial charge in [-0.2, -0.15) is 0 Å². The first-order chi connectivity index (χ1) is 12.2. The molecule has 25 heavy (non-hydrogen) atoms. The Bertz CT molecular complexity index is 751. The lowest BCUT2D eigenvalue weighted by molar-refractivity contribution is 0.225. The van der Waals surface area contributed by atoms with Gasteiger partial charge >= 0.3 is 12.1 Å². The normalized spacial score (nSPS) is 14.8. The molecule has 2 aromatic rings. The lowest BCUT2D eigenvalue weighted by Crippen LogP contribution is -2.34. The number of carbonyl (C=O) groups is 2. The molecule has 1 saturated heterocycles. The fourth-order valence-corrected chi connectivity index (χ4v) is 2.71. The quantitative estimate of drug-likeness (QED) is 0.671. The highest BCUT2D eigenvalue weighted by molar-refractivity contribution is 5.95. The van der Waals surface area contributed by atoms with Gasteiger partial charge in [0.15, 0.2) is 0 Å². The summed E-state index contributed by atoms with van der Waals surface area (Å²) < 4.78 is 0. The van der Waals surface area contributed by atoms with Gasteiger partial charge in [-0.15, -0.1) is 0 Å². The van der Waals surface area contributed by atoms with Crippen molar-refractivity contribution in [3.05, 3.63) is 60.2 Å². The van der Waals surface area contributed by atoms with Gasteiger partial charge in [0.2, 0.25) is 0 Å². The SMILES string of the molecule is O=C(Nc1cccc(N2CCNC2=O)c1)N[C@H](CO)c1ccccc1. The lowest BCUT2D eigenvalue weighted by Gasteiger charge is -2.18. The van der Waals surface area contributed by atoms with Gasteiger partial charge < -0.3 is 21.1 Å². The van der Waals surface area contributed by atoms with Crippen LogP contribution in [0, 0.1) is 0 Å². The van der Waals surface area contributed by atoms with Crippen molar-refractivity contribution >= 4 is 23.4 Å². The average Bonchev–Trinajstić information content (AvgIpc) is 3.06. The summed E-state index contributed by atoms with van der Waals surface area (Å²) in [4.78, 5) is 25.6. The number of hydrogen-bond acceptors (Lipinski definition) is 3. The van der Waals surface area contributed by atoms with Crippen molar-refractivity contribution in [2.45, 2.75) is 6.04 Å². The van der Waals surface area contributed by atoms with Crippen LogP contribution in [0.25, 0.3) is 0 Å². The lowest BCUT2D eigenvalue weighted by atomic mass is 10.1. The van der Waals surface area contributed by atoms with Gasteiger partial charge in [-0.3, -0.25) is 4.90 Å². The number of aliphatic hydroxyl groups is 1. The number of anilines is 2. The van der Waals surface area contributed by atoms with Crippen molar-refractivity contribution in [1.29, 1.82) is 0 Å². The predicted molar refractivity (Wildman–Crippen MR) is 95.6 cm³/mol. The Morgan fingerprint density at radius 3 is 2.68 bits per heavy atom. The summed E-state index contributed by atoms with van der Waals surface area (Å²) in [6.07, 6.45) is 0. The topological polar surface area (TPSA) is 93.7 Å². The summed E-state index contributed by atoms with van der Waals surface area (Å²) >= 11 is 0. The highest BCUT2D eigenvalue weighted by atomic mass is 16.3. The van der Waals surface area contributed by atoms with Crippen LogP contribution in [0.15, 0.2) is 54.6 Å². The number of carbonyl (C=O) groups excluding carboxylic acids is 2. The summed E-state index contributed by atoms with van der Waals surface area (Å²) in [6, 6.07) is 15.3. The van der Waals surface area contributed by atoms with Crippen molar-refractivity contribution in [3.8, 4) is 0 Å². The van der Waals surface area contributed by atoms with Crippen LogP contribution < -0.4 is 20.9 Å². The first-order valence-corrected chi connectivity index (χ1v) is 8.06. The number of amides is 4. The predicted octanol–water partition coefficient (Wildman–Crippen LogP) is 2.07. The standard InChI is InChI=1S/C18H20N4O3/c23-12-16(13-5-2-1-3-6-13)21-17(24)20-14-7-4-8-15(11-14)22-10-9-19-18(22)25/h1-8,11,16,23H,9-10,12H2,(H,19,25)(H2,20,21,24)/t16-/m1/s1. The highest BCUT2D eigenvalue weighted by Crippen LogP contribution is 2.21. The fraction of sp³-hybridized carbons (Fsp3) is 0.222. The minimum Gasteiger partial charge on any atom is -0.394 e. The van der Waals surface area contributed by atoms with E-state index in [0.717, 1.165) is 11.3 Å². The zero-order chi connectivity index (χ0) is 17.6. The van der Waals surface area contributed by atoms with Crippen molar-refractivity contribution in [3.63, 3.8) is 0 Å². The second-order valence-electron chi connectivity index (χ2n) is 5.68. The van der Waals surface area contributed by atoms with Gasteiger partial charge in [0.05, 0.1) is 12.6 Å². The van der Waals surface area contributed by atoms with Crippen LogP contribution in [0.5, 0.6) is 0 Å². The zero-order valence-corrected chi connectivity index (χ0v) is 13.6. The third-order valence-corrected chi connectivity index (χ3v) is 3.96. The van der Waals surface area contributed by atoms with Gasteiger partial charge in [-0.05, 0) is 23.8 Å². The Balaban J connectivity index is 1.65. The molecule has 1 aliphatic rings. The summed E-state index contributed by atoms with van der Waals surface area (Å²) in [5, 5.41) is 17.7. The number of aliphatic hydroxyl groups excluding tert-OH is 1. The molecule has 7 nitrogen and oxygen atoms in total. The van der Waals surface area contributed by atoms with E-state index in [1.165, 1.54) is 0 Å². The Morgan fingerprint density at radius 2 is 2.00 bits per heavy atom. The van der Waals surface area contributed by atoms with Gasteiger partial charge in [-0.25, -0.2) is 9.59 Å². The summed E-state index contributed by atoms with van der Waals surface area (Å²) in [5.41, 5.74) is 2.11. The van der Waals surface area contributed by atoms with Crippen LogP contribution in [0.2, 0.25) is 0 Å². The molecule has 4 N–H and O–H groups in total. The second-order valence-corrected chi connectivity index (χ2v) is 5.68. The molecule has 130 valence electrons. The van der Waals surface area contributed by atoms with E-state index in [9.17, 15) is 14.7 Å². The molecule has 1 fully saturated rings. The second kappa shape index (κ2) is 7.67. The van der Waals surface area contributed by atoms with Gasteiger partial charge in [0.1, 0.15) is 0 Å². The third kappa shape index (κ3) is 4.07. The maximum atomic E-state index is 12.2. The molecule has 1 atom stereocenters. The first kappa shape index (κ1) is 16.8.